The molecule has 1 aliphatic heterocycles. The third kappa shape index (κ3) is 2.29. The van der Waals surface area contributed by atoms with Gasteiger partial charge >= 0.3 is 0 Å². The molecule has 1 saturated heterocycles. The van der Waals surface area contributed by atoms with Crippen LogP contribution in [-0.4, -0.2) is 46.5 Å². The molecule has 5 heteroatoms. The van der Waals surface area contributed by atoms with Gasteiger partial charge in [-0.25, -0.2) is 4.98 Å². The molecule has 1 aromatic carbocycles. The fourth-order valence-electron chi connectivity index (χ4n) is 2.68. The number of carbonyl (C=O) groups excluding carboxylic acids is 1. The van der Waals surface area contributed by atoms with Crippen LogP contribution in [0.25, 0.3) is 11.0 Å². The van der Waals surface area contributed by atoms with Crippen molar-refractivity contribution in [2.45, 2.75) is 13.3 Å². The number of amides is 1. The van der Waals surface area contributed by atoms with E-state index in [4.69, 9.17) is 0 Å². The lowest BCUT2D eigenvalue weighted by Crippen LogP contribution is -2.34. The van der Waals surface area contributed by atoms with Crippen LogP contribution in [0.5, 0.6) is 0 Å². The Hall–Kier alpha value is -1.88. The summed E-state index contributed by atoms with van der Waals surface area (Å²) in [6, 6.07) is 5.80. The van der Waals surface area contributed by atoms with E-state index in [2.05, 4.69) is 10.3 Å². The number of imidazole rings is 1. The quantitative estimate of drug-likeness (QED) is 0.852. The Bertz CT molecular complexity index is 639. The number of rotatable bonds is 1. The number of carbonyl (C=O) groups is 1. The van der Waals surface area contributed by atoms with Crippen LogP contribution in [0.4, 0.5) is 0 Å². The minimum absolute atomic E-state index is 0.110. The lowest BCUT2D eigenvalue weighted by molar-refractivity contribution is 0.0766. The van der Waals surface area contributed by atoms with Gasteiger partial charge in [0.1, 0.15) is 5.82 Å². The van der Waals surface area contributed by atoms with E-state index >= 15 is 0 Å². The van der Waals surface area contributed by atoms with E-state index in [1.807, 2.05) is 41.6 Å². The monoisotopic (exact) mass is 272 g/mol. The molecule has 0 unspecified atom stereocenters. The predicted octanol–water partition coefficient (Wildman–Crippen LogP) is 1.32. The summed E-state index contributed by atoms with van der Waals surface area (Å²) in [6.07, 6.45) is 1.01. The zero-order valence-corrected chi connectivity index (χ0v) is 12.0. The van der Waals surface area contributed by atoms with Crippen LogP contribution >= 0.6 is 0 Å². The highest BCUT2D eigenvalue weighted by Gasteiger charge is 2.18. The molecule has 2 heterocycles. The van der Waals surface area contributed by atoms with E-state index in [1.54, 1.807) is 0 Å². The minimum atomic E-state index is 0.110. The van der Waals surface area contributed by atoms with Crippen molar-refractivity contribution in [3.8, 4) is 0 Å². The van der Waals surface area contributed by atoms with E-state index < -0.39 is 0 Å². The van der Waals surface area contributed by atoms with E-state index in [1.165, 1.54) is 0 Å². The summed E-state index contributed by atoms with van der Waals surface area (Å²) in [4.78, 5) is 19.0. The standard InChI is InChI=1S/C15H20N4O/c1-11-17-13-10-12(4-5-14(13)18(11)2)15(20)19-8-3-6-16-7-9-19/h4-5,10,16H,3,6-9H2,1-2H3. The smallest absolute Gasteiger partial charge is 0.253 e. The van der Waals surface area contributed by atoms with Gasteiger partial charge in [0, 0.05) is 32.2 Å². The maximum atomic E-state index is 12.6. The molecule has 20 heavy (non-hydrogen) atoms. The summed E-state index contributed by atoms with van der Waals surface area (Å²) in [5.41, 5.74) is 2.69. The predicted molar refractivity (Wildman–Crippen MR) is 78.8 cm³/mol. The summed E-state index contributed by atoms with van der Waals surface area (Å²) in [5.74, 6) is 1.07. The highest BCUT2D eigenvalue weighted by atomic mass is 16.2. The first-order chi connectivity index (χ1) is 9.66. The number of benzene rings is 1. The second-order valence-corrected chi connectivity index (χ2v) is 5.32. The zero-order valence-electron chi connectivity index (χ0n) is 12.0. The van der Waals surface area contributed by atoms with Crippen molar-refractivity contribution in [1.29, 1.82) is 0 Å². The summed E-state index contributed by atoms with van der Waals surface area (Å²) in [7, 11) is 1.99. The van der Waals surface area contributed by atoms with Gasteiger partial charge in [-0.15, -0.1) is 0 Å². The average Bonchev–Trinajstić information content (AvgIpc) is 2.65. The Balaban J connectivity index is 1.91. The minimum Gasteiger partial charge on any atom is -0.337 e. The molecular weight excluding hydrogens is 252 g/mol. The molecular formula is C15H20N4O. The number of nitrogens with one attached hydrogen (secondary N) is 1. The normalized spacial score (nSPS) is 16.4. The molecule has 106 valence electrons. The molecule has 5 nitrogen and oxygen atoms in total. The SMILES string of the molecule is Cc1nc2cc(C(=O)N3CCCNCC3)ccc2n1C. The summed E-state index contributed by atoms with van der Waals surface area (Å²) < 4.78 is 2.04. The summed E-state index contributed by atoms with van der Waals surface area (Å²) in [6.45, 7) is 5.43. The van der Waals surface area contributed by atoms with Crippen molar-refractivity contribution in [1.82, 2.24) is 19.8 Å². The largest absolute Gasteiger partial charge is 0.337 e. The maximum Gasteiger partial charge on any atom is 0.253 e. The summed E-state index contributed by atoms with van der Waals surface area (Å²) in [5, 5.41) is 3.31. The molecule has 0 bridgehead atoms. The maximum absolute atomic E-state index is 12.6. The van der Waals surface area contributed by atoms with Crippen molar-refractivity contribution in [3.63, 3.8) is 0 Å². The molecule has 0 atom stereocenters. The molecule has 0 spiro atoms. The van der Waals surface area contributed by atoms with E-state index in [0.717, 1.165) is 55.0 Å². The Labute approximate surface area is 118 Å². The third-order valence-corrected chi connectivity index (χ3v) is 3.98. The van der Waals surface area contributed by atoms with Gasteiger partial charge in [0.05, 0.1) is 11.0 Å². The van der Waals surface area contributed by atoms with Gasteiger partial charge < -0.3 is 14.8 Å². The molecule has 1 aliphatic rings. The van der Waals surface area contributed by atoms with Crippen molar-refractivity contribution in [2.24, 2.45) is 7.05 Å². The van der Waals surface area contributed by atoms with Gasteiger partial charge in [0.25, 0.3) is 5.91 Å². The van der Waals surface area contributed by atoms with Crippen LogP contribution < -0.4 is 5.32 Å². The van der Waals surface area contributed by atoms with Crippen LogP contribution in [0.2, 0.25) is 0 Å². The molecule has 1 N–H and O–H groups in total. The molecule has 2 aromatic rings. The van der Waals surface area contributed by atoms with E-state index in [0.29, 0.717) is 0 Å². The topological polar surface area (TPSA) is 50.2 Å². The second-order valence-electron chi connectivity index (χ2n) is 5.32. The number of hydrogen-bond acceptors (Lipinski definition) is 3. The lowest BCUT2D eigenvalue weighted by atomic mass is 10.1. The molecule has 1 amide bonds. The first-order valence-corrected chi connectivity index (χ1v) is 7.10. The van der Waals surface area contributed by atoms with Gasteiger partial charge in [0.2, 0.25) is 0 Å². The number of aryl methyl sites for hydroxylation is 2. The third-order valence-electron chi connectivity index (χ3n) is 3.98. The number of nitrogens with zero attached hydrogens (tertiary/aromatic N) is 3. The van der Waals surface area contributed by atoms with Gasteiger partial charge in [-0.3, -0.25) is 4.79 Å². The van der Waals surface area contributed by atoms with Crippen LogP contribution in [-0.2, 0) is 7.05 Å². The van der Waals surface area contributed by atoms with Gasteiger partial charge in [-0.1, -0.05) is 0 Å². The van der Waals surface area contributed by atoms with Gasteiger partial charge in [0.15, 0.2) is 0 Å². The molecule has 1 fully saturated rings. The zero-order chi connectivity index (χ0) is 14.1. The molecule has 1 aromatic heterocycles. The van der Waals surface area contributed by atoms with Crippen molar-refractivity contribution in [2.75, 3.05) is 26.2 Å². The molecule has 0 aliphatic carbocycles. The highest BCUT2D eigenvalue weighted by Crippen LogP contribution is 2.17. The first kappa shape index (κ1) is 13.1. The number of aromatic nitrogens is 2. The average molecular weight is 272 g/mol. The highest BCUT2D eigenvalue weighted by molar-refractivity contribution is 5.97. The Morgan fingerprint density at radius 1 is 1.30 bits per heavy atom. The molecule has 0 saturated carbocycles. The van der Waals surface area contributed by atoms with Crippen LogP contribution in [0.1, 0.15) is 22.6 Å². The fourth-order valence-corrected chi connectivity index (χ4v) is 2.68. The van der Waals surface area contributed by atoms with E-state index in [9.17, 15) is 4.79 Å². The van der Waals surface area contributed by atoms with Gasteiger partial charge in [-0.2, -0.15) is 0 Å². The fraction of sp³-hybridized carbons (Fsp3) is 0.467. The van der Waals surface area contributed by atoms with Crippen molar-refractivity contribution in [3.05, 3.63) is 29.6 Å². The number of hydrogen-bond donors (Lipinski definition) is 1. The molecule has 0 radical (unpaired) electrons. The first-order valence-electron chi connectivity index (χ1n) is 7.10. The Morgan fingerprint density at radius 3 is 3.00 bits per heavy atom. The summed E-state index contributed by atoms with van der Waals surface area (Å²) >= 11 is 0. The molecule has 3 rings (SSSR count). The Kier molecular flexibility index (Phi) is 3.44. The van der Waals surface area contributed by atoms with Crippen LogP contribution in [0, 0.1) is 6.92 Å². The number of fused-ring (bicyclic) bond motifs is 1. The van der Waals surface area contributed by atoms with Gasteiger partial charge in [-0.05, 0) is 38.1 Å². The van der Waals surface area contributed by atoms with Crippen molar-refractivity contribution >= 4 is 16.9 Å². The Morgan fingerprint density at radius 2 is 2.15 bits per heavy atom. The van der Waals surface area contributed by atoms with Crippen LogP contribution in [0.15, 0.2) is 18.2 Å². The van der Waals surface area contributed by atoms with Crippen molar-refractivity contribution < 1.29 is 4.79 Å². The van der Waals surface area contributed by atoms with E-state index in [-0.39, 0.29) is 5.91 Å². The lowest BCUT2D eigenvalue weighted by Gasteiger charge is -2.19. The van der Waals surface area contributed by atoms with Crippen LogP contribution in [0.3, 0.4) is 0 Å². The second kappa shape index (κ2) is 5.25.